The first-order valence-electron chi connectivity index (χ1n) is 5.82. The van der Waals surface area contributed by atoms with Crippen molar-refractivity contribution in [1.82, 2.24) is 4.57 Å². The van der Waals surface area contributed by atoms with Crippen molar-refractivity contribution in [3.8, 4) is 0 Å². The Morgan fingerprint density at radius 2 is 1.84 bits per heavy atom. The number of fused-ring (bicyclic) bond motifs is 1. The molecule has 96 valence electrons. The number of hydrogen-bond acceptors (Lipinski definition) is 0. The molecule has 2 aromatic carbocycles. The van der Waals surface area contributed by atoms with Crippen molar-refractivity contribution in [2.75, 3.05) is 0 Å². The van der Waals surface area contributed by atoms with Gasteiger partial charge in [-0.05, 0) is 24.3 Å². The fourth-order valence-corrected chi connectivity index (χ4v) is 2.71. The van der Waals surface area contributed by atoms with E-state index in [1.54, 1.807) is 18.2 Å². The molecule has 0 spiro atoms. The fraction of sp³-hybridized carbons (Fsp3) is 0.0667. The van der Waals surface area contributed by atoms with Gasteiger partial charge in [0, 0.05) is 22.2 Å². The zero-order valence-electron chi connectivity index (χ0n) is 9.91. The summed E-state index contributed by atoms with van der Waals surface area (Å²) < 4.78 is 15.6. The molecule has 0 amide bonds. The maximum absolute atomic E-state index is 13.7. The van der Waals surface area contributed by atoms with Crippen molar-refractivity contribution in [3.05, 3.63) is 70.1 Å². The molecular weight excluding hydrogens is 284 g/mol. The van der Waals surface area contributed by atoms with Crippen LogP contribution in [0.4, 0.5) is 4.39 Å². The zero-order valence-corrected chi connectivity index (χ0v) is 11.4. The van der Waals surface area contributed by atoms with Crippen molar-refractivity contribution >= 4 is 34.1 Å². The van der Waals surface area contributed by atoms with Crippen molar-refractivity contribution < 1.29 is 4.39 Å². The number of rotatable bonds is 2. The molecule has 0 aliphatic carbocycles. The maximum atomic E-state index is 13.7. The lowest BCUT2D eigenvalue weighted by Gasteiger charge is -2.07. The van der Waals surface area contributed by atoms with Gasteiger partial charge in [0.05, 0.1) is 17.1 Å². The predicted molar refractivity (Wildman–Crippen MR) is 77.5 cm³/mol. The van der Waals surface area contributed by atoms with E-state index in [1.807, 2.05) is 29.0 Å². The summed E-state index contributed by atoms with van der Waals surface area (Å²) >= 11 is 12.2. The van der Waals surface area contributed by atoms with Gasteiger partial charge < -0.3 is 4.57 Å². The Labute approximate surface area is 120 Å². The van der Waals surface area contributed by atoms with Gasteiger partial charge in [0.15, 0.2) is 0 Å². The number of benzene rings is 2. The molecule has 3 rings (SSSR count). The Morgan fingerprint density at radius 3 is 2.63 bits per heavy atom. The van der Waals surface area contributed by atoms with Gasteiger partial charge in [-0.25, -0.2) is 4.39 Å². The van der Waals surface area contributed by atoms with Crippen LogP contribution in [0, 0.1) is 5.82 Å². The number of nitrogens with zero attached hydrogens (tertiary/aromatic N) is 1. The second kappa shape index (κ2) is 4.87. The minimum absolute atomic E-state index is 0.211. The van der Waals surface area contributed by atoms with Crippen LogP contribution < -0.4 is 0 Å². The summed E-state index contributed by atoms with van der Waals surface area (Å²) in [5, 5.41) is 2.10. The highest BCUT2D eigenvalue weighted by molar-refractivity contribution is 6.38. The molecule has 0 aliphatic heterocycles. The summed E-state index contributed by atoms with van der Waals surface area (Å²) in [6.07, 6.45) is 1.89. The summed E-state index contributed by atoms with van der Waals surface area (Å²) in [7, 11) is 0. The zero-order chi connectivity index (χ0) is 13.4. The summed E-state index contributed by atoms with van der Waals surface area (Å²) in [6, 6.07) is 12.2. The van der Waals surface area contributed by atoms with Crippen LogP contribution in [0.2, 0.25) is 10.0 Å². The molecule has 0 saturated carbocycles. The molecule has 3 aromatic rings. The van der Waals surface area contributed by atoms with Crippen molar-refractivity contribution in [2.45, 2.75) is 6.54 Å². The van der Waals surface area contributed by atoms with Gasteiger partial charge in [-0.3, -0.25) is 0 Å². The van der Waals surface area contributed by atoms with Gasteiger partial charge in [-0.2, -0.15) is 0 Å². The molecule has 0 unspecified atom stereocenters. The maximum Gasteiger partial charge on any atom is 0.128 e. The Morgan fingerprint density at radius 1 is 1.05 bits per heavy atom. The lowest BCUT2D eigenvalue weighted by Crippen LogP contribution is -2.00. The third kappa shape index (κ3) is 2.34. The van der Waals surface area contributed by atoms with E-state index in [-0.39, 0.29) is 5.82 Å². The molecule has 1 nitrogen and oxygen atoms in total. The van der Waals surface area contributed by atoms with E-state index in [2.05, 4.69) is 0 Å². The molecule has 4 heteroatoms. The minimum atomic E-state index is -0.211. The smallest absolute Gasteiger partial charge is 0.128 e. The average Bonchev–Trinajstić information content (AvgIpc) is 2.76. The number of aromatic nitrogens is 1. The first-order chi connectivity index (χ1) is 9.15. The van der Waals surface area contributed by atoms with Crippen LogP contribution in [-0.2, 0) is 6.54 Å². The van der Waals surface area contributed by atoms with Gasteiger partial charge in [-0.15, -0.1) is 0 Å². The predicted octanol–water partition coefficient (Wildman–Crippen LogP) is 5.14. The third-order valence-corrected chi connectivity index (χ3v) is 3.63. The van der Waals surface area contributed by atoms with E-state index in [0.29, 0.717) is 22.2 Å². The Hall–Kier alpha value is -1.51. The van der Waals surface area contributed by atoms with Crippen LogP contribution in [0.25, 0.3) is 10.9 Å². The van der Waals surface area contributed by atoms with Gasteiger partial charge >= 0.3 is 0 Å². The van der Waals surface area contributed by atoms with Crippen LogP contribution in [0.15, 0.2) is 48.7 Å². The summed E-state index contributed by atoms with van der Waals surface area (Å²) in [5.74, 6) is -0.211. The second-order valence-corrected chi connectivity index (χ2v) is 5.20. The molecule has 0 N–H and O–H groups in total. The molecule has 0 aliphatic rings. The normalized spacial score (nSPS) is 11.1. The monoisotopic (exact) mass is 293 g/mol. The highest BCUT2D eigenvalue weighted by atomic mass is 35.5. The SMILES string of the molecule is Fc1ccccc1Cn1ccc2c(Cl)cc(Cl)cc21. The van der Waals surface area contributed by atoms with Gasteiger partial charge in [0.2, 0.25) is 0 Å². The van der Waals surface area contributed by atoms with E-state index in [1.165, 1.54) is 6.07 Å². The summed E-state index contributed by atoms with van der Waals surface area (Å²) in [4.78, 5) is 0. The molecule has 0 radical (unpaired) electrons. The second-order valence-electron chi connectivity index (χ2n) is 4.36. The van der Waals surface area contributed by atoms with E-state index < -0.39 is 0 Å². The standard InChI is InChI=1S/C15H10Cl2FN/c16-11-7-13(17)12-5-6-19(15(12)8-11)9-10-3-1-2-4-14(10)18/h1-8H,9H2. The molecule has 0 bridgehead atoms. The van der Waals surface area contributed by atoms with Crippen molar-refractivity contribution in [2.24, 2.45) is 0 Å². The van der Waals surface area contributed by atoms with E-state index in [0.717, 1.165) is 10.9 Å². The lowest BCUT2D eigenvalue weighted by atomic mass is 10.2. The molecule has 1 heterocycles. The minimum Gasteiger partial charge on any atom is -0.343 e. The Balaban J connectivity index is 2.09. The number of hydrogen-bond donors (Lipinski definition) is 0. The third-order valence-electron chi connectivity index (χ3n) is 3.10. The quantitative estimate of drug-likeness (QED) is 0.617. The van der Waals surface area contributed by atoms with Crippen LogP contribution in [0.3, 0.4) is 0 Å². The molecule has 1 aromatic heterocycles. The highest BCUT2D eigenvalue weighted by Gasteiger charge is 2.08. The number of halogens is 3. The van der Waals surface area contributed by atoms with Crippen LogP contribution in [-0.4, -0.2) is 4.57 Å². The van der Waals surface area contributed by atoms with E-state index >= 15 is 0 Å². The Kier molecular flexibility index (Phi) is 3.21. The molecule has 19 heavy (non-hydrogen) atoms. The first-order valence-corrected chi connectivity index (χ1v) is 6.58. The fourth-order valence-electron chi connectivity index (χ4n) is 2.17. The van der Waals surface area contributed by atoms with Crippen molar-refractivity contribution in [3.63, 3.8) is 0 Å². The average molecular weight is 294 g/mol. The van der Waals surface area contributed by atoms with Crippen LogP contribution in [0.5, 0.6) is 0 Å². The van der Waals surface area contributed by atoms with E-state index in [9.17, 15) is 4.39 Å². The lowest BCUT2D eigenvalue weighted by molar-refractivity contribution is 0.602. The largest absolute Gasteiger partial charge is 0.343 e. The first kappa shape index (κ1) is 12.5. The molecular formula is C15H10Cl2FN. The Bertz CT molecular complexity index is 749. The van der Waals surface area contributed by atoms with Gasteiger partial charge in [-0.1, -0.05) is 41.4 Å². The molecule has 0 atom stereocenters. The van der Waals surface area contributed by atoms with E-state index in [4.69, 9.17) is 23.2 Å². The van der Waals surface area contributed by atoms with Crippen LogP contribution >= 0.6 is 23.2 Å². The van der Waals surface area contributed by atoms with Gasteiger partial charge in [0.1, 0.15) is 5.82 Å². The van der Waals surface area contributed by atoms with Crippen molar-refractivity contribution in [1.29, 1.82) is 0 Å². The van der Waals surface area contributed by atoms with Crippen LogP contribution in [0.1, 0.15) is 5.56 Å². The molecule has 0 saturated heterocycles. The molecule has 0 fully saturated rings. The summed E-state index contributed by atoms with van der Waals surface area (Å²) in [6.45, 7) is 0.451. The van der Waals surface area contributed by atoms with Gasteiger partial charge in [0.25, 0.3) is 0 Å². The highest BCUT2D eigenvalue weighted by Crippen LogP contribution is 2.29. The topological polar surface area (TPSA) is 4.93 Å². The summed E-state index contributed by atoms with van der Waals surface area (Å²) in [5.41, 5.74) is 1.54.